The van der Waals surface area contributed by atoms with E-state index in [2.05, 4.69) is 26.0 Å². The van der Waals surface area contributed by atoms with Crippen LogP contribution in [0, 0.1) is 6.08 Å². The zero-order valence-electron chi connectivity index (χ0n) is 7.45. The second kappa shape index (κ2) is 10.0. The molecule has 0 heterocycles. The number of rotatable bonds is 2. The summed E-state index contributed by atoms with van der Waals surface area (Å²) in [5.74, 6) is 0. The zero-order valence-corrected chi connectivity index (χ0v) is 11.4. The molecular weight excluding hydrogens is 270 g/mol. The third-order valence-electron chi connectivity index (χ3n) is 1.83. The first-order chi connectivity index (χ1) is 4.38. The molecule has 1 aliphatic carbocycles. The van der Waals surface area contributed by atoms with E-state index in [0.29, 0.717) is 0 Å². The molecule has 0 saturated heterocycles. The van der Waals surface area contributed by atoms with Crippen molar-refractivity contribution in [2.75, 3.05) is 0 Å². The Morgan fingerprint density at radius 3 is 2.17 bits per heavy atom. The minimum absolute atomic E-state index is 0. The number of allylic oxidation sites excluding steroid dienone is 4. The van der Waals surface area contributed by atoms with E-state index >= 15 is 0 Å². The van der Waals surface area contributed by atoms with Gasteiger partial charge in [-0.3, -0.25) is 6.08 Å². The van der Waals surface area contributed by atoms with Gasteiger partial charge in [-0.1, -0.05) is 26.7 Å². The first kappa shape index (κ1) is 18.7. The van der Waals surface area contributed by atoms with Crippen molar-refractivity contribution in [1.82, 2.24) is 0 Å². The fourth-order valence-corrected chi connectivity index (χ4v) is 1.23. The van der Waals surface area contributed by atoms with Crippen molar-refractivity contribution in [1.29, 1.82) is 0 Å². The van der Waals surface area contributed by atoms with E-state index < -0.39 is 0 Å². The maximum Gasteiger partial charge on any atom is 3.00 e. The van der Waals surface area contributed by atoms with Gasteiger partial charge in [0.1, 0.15) is 0 Å². The van der Waals surface area contributed by atoms with Gasteiger partial charge in [0.2, 0.25) is 0 Å². The molecule has 0 nitrogen and oxygen atoms in total. The smallest absolute Gasteiger partial charge is 1.00 e. The summed E-state index contributed by atoms with van der Waals surface area (Å²) in [5.41, 5.74) is 3.02. The van der Waals surface area contributed by atoms with E-state index in [-0.39, 0.29) is 51.0 Å². The van der Waals surface area contributed by atoms with Gasteiger partial charge in [-0.25, -0.2) is 11.1 Å². The molecule has 0 unspecified atom stereocenters. The summed E-state index contributed by atoms with van der Waals surface area (Å²) in [6.07, 6.45) is 8.90. The molecule has 1 rings (SSSR count). The van der Waals surface area contributed by atoms with Crippen molar-refractivity contribution in [2.45, 2.75) is 33.1 Å². The monoisotopic (exact) mass is 281 g/mol. The summed E-state index contributed by atoms with van der Waals surface area (Å²) in [5, 5.41) is 0. The minimum atomic E-state index is 0. The van der Waals surface area contributed by atoms with Crippen molar-refractivity contribution in [3.8, 4) is 0 Å². The van der Waals surface area contributed by atoms with Crippen molar-refractivity contribution >= 4 is 0 Å². The third-order valence-corrected chi connectivity index (χ3v) is 1.83. The van der Waals surface area contributed by atoms with Gasteiger partial charge < -0.3 is 24.8 Å². The molecule has 3 heteroatoms. The van der Waals surface area contributed by atoms with Crippen LogP contribution < -0.4 is 24.8 Å². The number of hydrogen-bond acceptors (Lipinski definition) is 0. The van der Waals surface area contributed by atoms with Gasteiger partial charge in [0, 0.05) is 0 Å². The summed E-state index contributed by atoms with van der Waals surface area (Å²) in [6.45, 7) is 4.41. The molecule has 12 heavy (non-hydrogen) atoms. The Bertz CT molecular complexity index is 162. The summed E-state index contributed by atoms with van der Waals surface area (Å²) >= 11 is 0. The molecule has 1 aliphatic rings. The quantitative estimate of drug-likeness (QED) is 0.470. The molecule has 0 aliphatic heterocycles. The topological polar surface area (TPSA) is 0 Å². The third kappa shape index (κ3) is 4.85. The van der Waals surface area contributed by atoms with Gasteiger partial charge in [-0.2, -0.15) is 6.08 Å². The predicted octanol–water partition coefficient (Wildman–Crippen LogP) is -3.13. The molecule has 1 radical (unpaired) electrons. The van der Waals surface area contributed by atoms with Gasteiger partial charge in [0.25, 0.3) is 0 Å². The largest absolute Gasteiger partial charge is 3.00 e. The molecule has 0 aromatic carbocycles. The Kier molecular flexibility index (Phi) is 15.6. The van der Waals surface area contributed by atoms with E-state index in [9.17, 15) is 0 Å². The Hall–Kier alpha value is 0.943. The molecule has 0 fully saturated rings. The van der Waals surface area contributed by atoms with Crippen LogP contribution in [0.2, 0.25) is 0 Å². The molecule has 0 aromatic heterocycles. The standard InChI is InChI=1S/C9H13.2ClH.Zr/c1-3-8-6-5-7-9(8)4-2;;;/h5H,3-4,6H2,1-2H3;2*1H;/q-1;;;+3/p-2. The van der Waals surface area contributed by atoms with Crippen molar-refractivity contribution < 1.29 is 51.0 Å². The van der Waals surface area contributed by atoms with Crippen LogP contribution in [0.1, 0.15) is 33.1 Å². The Balaban J connectivity index is -0.000000270. The fourth-order valence-electron chi connectivity index (χ4n) is 1.23. The molecule has 0 atom stereocenters. The molecule has 0 bridgehead atoms. The van der Waals surface area contributed by atoms with Gasteiger partial charge in [-0.15, -0.1) is 6.42 Å². The Morgan fingerprint density at radius 2 is 1.83 bits per heavy atom. The summed E-state index contributed by atoms with van der Waals surface area (Å²) in [4.78, 5) is 0. The van der Waals surface area contributed by atoms with E-state index in [4.69, 9.17) is 0 Å². The van der Waals surface area contributed by atoms with Crippen molar-refractivity contribution in [3.63, 3.8) is 0 Å². The molecule has 0 spiro atoms. The summed E-state index contributed by atoms with van der Waals surface area (Å²) in [6, 6.07) is 0. The van der Waals surface area contributed by atoms with Crippen LogP contribution >= 0.6 is 0 Å². The van der Waals surface area contributed by atoms with E-state index in [1.54, 1.807) is 5.57 Å². The molecular formula is C9H13Cl2Zr. The Labute approximate surface area is 107 Å². The number of halogens is 2. The first-order valence-electron chi connectivity index (χ1n) is 3.67. The average Bonchev–Trinajstić information content (AvgIpc) is 2.33. The van der Waals surface area contributed by atoms with E-state index in [0.717, 1.165) is 12.8 Å². The first-order valence-corrected chi connectivity index (χ1v) is 3.67. The maximum atomic E-state index is 3.26. The van der Waals surface area contributed by atoms with E-state index in [1.165, 1.54) is 12.0 Å². The zero-order chi connectivity index (χ0) is 6.69. The molecule has 0 aromatic rings. The second-order valence-corrected chi connectivity index (χ2v) is 2.34. The van der Waals surface area contributed by atoms with Gasteiger partial charge in [0.15, 0.2) is 0 Å². The van der Waals surface area contributed by atoms with Crippen LogP contribution in [0.25, 0.3) is 0 Å². The average molecular weight is 283 g/mol. The maximum absolute atomic E-state index is 3.26. The molecule has 0 saturated carbocycles. The van der Waals surface area contributed by atoms with Crippen LogP contribution in [0.5, 0.6) is 0 Å². The molecule has 67 valence electrons. The van der Waals surface area contributed by atoms with Crippen LogP contribution in [-0.4, -0.2) is 0 Å². The van der Waals surface area contributed by atoms with Gasteiger partial charge in [-0.05, 0) is 0 Å². The van der Waals surface area contributed by atoms with Crippen LogP contribution in [0.15, 0.2) is 17.2 Å². The van der Waals surface area contributed by atoms with Crippen LogP contribution in [0.4, 0.5) is 0 Å². The number of hydrogen-bond donors (Lipinski definition) is 0. The Morgan fingerprint density at radius 1 is 1.25 bits per heavy atom. The van der Waals surface area contributed by atoms with E-state index in [1.807, 2.05) is 0 Å². The summed E-state index contributed by atoms with van der Waals surface area (Å²) < 4.78 is 0. The predicted molar refractivity (Wildman–Crippen MR) is 40.0 cm³/mol. The minimum Gasteiger partial charge on any atom is -1.00 e. The van der Waals surface area contributed by atoms with Crippen molar-refractivity contribution in [2.24, 2.45) is 0 Å². The van der Waals surface area contributed by atoms with Crippen LogP contribution in [-0.2, 0) is 26.2 Å². The second-order valence-electron chi connectivity index (χ2n) is 2.34. The summed E-state index contributed by atoms with van der Waals surface area (Å²) in [7, 11) is 0. The molecule has 0 amide bonds. The molecule has 0 N–H and O–H groups in total. The SMILES string of the molecule is CCC1=C(CC)CC=[C-]1.[Cl-].[Cl-].[Zr+3]. The fraction of sp³-hybridized carbons (Fsp3) is 0.556. The van der Waals surface area contributed by atoms with Crippen molar-refractivity contribution in [3.05, 3.63) is 23.3 Å². The van der Waals surface area contributed by atoms with Gasteiger partial charge in [0.05, 0.1) is 0 Å². The van der Waals surface area contributed by atoms with Crippen LogP contribution in [0.3, 0.4) is 0 Å². The van der Waals surface area contributed by atoms with Gasteiger partial charge >= 0.3 is 26.2 Å². The normalized spacial score (nSPS) is 13.2.